The first kappa shape index (κ1) is 11.7. The van der Waals surface area contributed by atoms with Gasteiger partial charge >= 0.3 is 0 Å². The van der Waals surface area contributed by atoms with E-state index in [1.807, 2.05) is 0 Å². The second-order valence-corrected chi connectivity index (χ2v) is 4.32. The zero-order valence-corrected chi connectivity index (χ0v) is 9.85. The Kier molecular flexibility index (Phi) is 3.77. The van der Waals surface area contributed by atoms with Crippen molar-refractivity contribution in [2.75, 3.05) is 5.75 Å². The highest BCUT2D eigenvalue weighted by Crippen LogP contribution is 2.23. The molecule has 0 aliphatic heterocycles. The van der Waals surface area contributed by atoms with Crippen molar-refractivity contribution < 1.29 is 9.52 Å². The number of aromatic nitrogens is 3. The molecule has 0 aromatic carbocycles. The maximum atomic E-state index is 8.93. The van der Waals surface area contributed by atoms with Gasteiger partial charge in [-0.15, -0.1) is 10.2 Å². The van der Waals surface area contributed by atoms with Crippen LogP contribution in [-0.2, 0) is 0 Å². The van der Waals surface area contributed by atoms with Gasteiger partial charge in [-0.2, -0.15) is 0 Å². The van der Waals surface area contributed by atoms with E-state index in [1.54, 1.807) is 24.5 Å². The van der Waals surface area contributed by atoms with Crippen molar-refractivity contribution in [1.29, 1.82) is 0 Å². The molecule has 0 aliphatic carbocycles. The van der Waals surface area contributed by atoms with E-state index in [-0.39, 0.29) is 5.76 Å². The lowest BCUT2D eigenvalue weighted by Gasteiger charge is -1.95. The van der Waals surface area contributed by atoms with E-state index in [1.165, 1.54) is 11.8 Å². The van der Waals surface area contributed by atoms with Crippen molar-refractivity contribution in [2.24, 2.45) is 0 Å². The molecule has 6 heteroatoms. The normalized spacial score (nSPS) is 10.4. The molecule has 0 unspecified atom stereocenters. The molecule has 0 bridgehead atoms. The molecule has 2 heterocycles. The molecule has 0 saturated heterocycles. The average molecular weight is 249 g/mol. The minimum atomic E-state index is 0.159. The number of thioether (sulfide) groups is 1. The van der Waals surface area contributed by atoms with Gasteiger partial charge < -0.3 is 9.52 Å². The van der Waals surface area contributed by atoms with Crippen LogP contribution >= 0.6 is 11.8 Å². The first-order chi connectivity index (χ1) is 8.25. The van der Waals surface area contributed by atoms with Crippen molar-refractivity contribution in [3.8, 4) is 11.5 Å². The zero-order chi connectivity index (χ0) is 12.1. The van der Waals surface area contributed by atoms with Gasteiger partial charge in [-0.25, -0.2) is 0 Å². The maximum absolute atomic E-state index is 8.93. The van der Waals surface area contributed by atoms with Crippen LogP contribution < -0.4 is 0 Å². The monoisotopic (exact) mass is 249 g/mol. The third-order valence-corrected chi connectivity index (χ3v) is 2.77. The number of aliphatic hydroxyl groups excluding tert-OH is 1. The highest BCUT2D eigenvalue weighted by Gasteiger charge is 2.08. The van der Waals surface area contributed by atoms with Crippen LogP contribution in [0.4, 0.5) is 0 Å². The van der Waals surface area contributed by atoms with Gasteiger partial charge in [0.15, 0.2) is 0 Å². The maximum Gasteiger partial charge on any atom is 0.276 e. The van der Waals surface area contributed by atoms with Crippen molar-refractivity contribution in [1.82, 2.24) is 15.2 Å². The summed E-state index contributed by atoms with van der Waals surface area (Å²) in [6.45, 7) is 3.41. The summed E-state index contributed by atoms with van der Waals surface area (Å²) in [4.78, 5) is 3.91. The number of nitrogens with zero attached hydrogens (tertiary/aromatic N) is 3. The molecule has 88 valence electrons. The summed E-state index contributed by atoms with van der Waals surface area (Å²) in [6, 6.07) is 3.61. The number of hydrogen-bond donors (Lipinski definition) is 1. The molecule has 2 aromatic heterocycles. The number of allylic oxidation sites excluding steroid dienone is 1. The second kappa shape index (κ2) is 5.49. The smallest absolute Gasteiger partial charge is 0.276 e. The van der Waals surface area contributed by atoms with Crippen LogP contribution in [0.5, 0.6) is 0 Å². The van der Waals surface area contributed by atoms with E-state index in [0.29, 0.717) is 23.3 Å². The van der Waals surface area contributed by atoms with Gasteiger partial charge in [0.2, 0.25) is 5.89 Å². The van der Waals surface area contributed by atoms with Crippen LogP contribution in [0.2, 0.25) is 0 Å². The molecule has 2 aromatic rings. The van der Waals surface area contributed by atoms with Crippen molar-refractivity contribution in [3.63, 3.8) is 0 Å². The van der Waals surface area contributed by atoms with Gasteiger partial charge in [-0.1, -0.05) is 18.3 Å². The van der Waals surface area contributed by atoms with E-state index in [4.69, 9.17) is 9.52 Å². The van der Waals surface area contributed by atoms with E-state index >= 15 is 0 Å². The van der Waals surface area contributed by atoms with Crippen LogP contribution in [-0.4, -0.2) is 26.0 Å². The standard InChI is InChI=1S/C11H11N3O2S/c1-8(15)4-7-17-11-14-13-10(16-11)9-2-5-12-6-3-9/h2-3,5-6,15H,1,4,7H2. The van der Waals surface area contributed by atoms with Gasteiger partial charge in [0.05, 0.1) is 5.76 Å². The fraction of sp³-hybridized carbons (Fsp3) is 0.182. The minimum absolute atomic E-state index is 0.159. The van der Waals surface area contributed by atoms with E-state index in [9.17, 15) is 0 Å². The van der Waals surface area contributed by atoms with Gasteiger partial charge in [-0.3, -0.25) is 4.98 Å². The second-order valence-electron chi connectivity index (χ2n) is 3.27. The zero-order valence-electron chi connectivity index (χ0n) is 9.04. The molecule has 0 aliphatic rings. The Morgan fingerprint density at radius 3 is 2.82 bits per heavy atom. The third-order valence-electron chi connectivity index (χ3n) is 1.95. The molecule has 17 heavy (non-hydrogen) atoms. The topological polar surface area (TPSA) is 72.0 Å². The van der Waals surface area contributed by atoms with Crippen molar-refractivity contribution in [2.45, 2.75) is 11.6 Å². The Labute approximate surface area is 103 Å². The summed E-state index contributed by atoms with van der Waals surface area (Å²) < 4.78 is 5.45. The average Bonchev–Trinajstić information content (AvgIpc) is 2.78. The molecule has 2 rings (SSSR count). The fourth-order valence-corrected chi connectivity index (χ4v) is 1.88. The van der Waals surface area contributed by atoms with Gasteiger partial charge in [0, 0.05) is 30.1 Å². The summed E-state index contributed by atoms with van der Waals surface area (Å²) in [7, 11) is 0. The Bertz CT molecular complexity index is 498. The molecule has 0 atom stereocenters. The molecule has 0 saturated carbocycles. The first-order valence-electron chi connectivity index (χ1n) is 4.99. The Hall–Kier alpha value is -1.82. The summed E-state index contributed by atoms with van der Waals surface area (Å²) in [5.74, 6) is 1.29. The molecular weight excluding hydrogens is 238 g/mol. The molecule has 0 fully saturated rings. The Morgan fingerprint density at radius 2 is 2.12 bits per heavy atom. The number of aliphatic hydroxyl groups is 1. The highest BCUT2D eigenvalue weighted by atomic mass is 32.2. The van der Waals surface area contributed by atoms with E-state index in [2.05, 4.69) is 21.8 Å². The predicted molar refractivity (Wildman–Crippen MR) is 64.6 cm³/mol. The molecule has 1 N–H and O–H groups in total. The van der Waals surface area contributed by atoms with Crippen LogP contribution in [0.25, 0.3) is 11.5 Å². The van der Waals surface area contributed by atoms with Gasteiger partial charge in [0.25, 0.3) is 5.22 Å². The fourth-order valence-electron chi connectivity index (χ4n) is 1.14. The molecule has 0 amide bonds. The molecule has 0 spiro atoms. The number of hydrogen-bond acceptors (Lipinski definition) is 6. The number of rotatable bonds is 5. The number of pyridine rings is 1. The minimum Gasteiger partial charge on any atom is -0.513 e. The lowest BCUT2D eigenvalue weighted by atomic mass is 10.3. The first-order valence-corrected chi connectivity index (χ1v) is 5.97. The largest absolute Gasteiger partial charge is 0.513 e. The van der Waals surface area contributed by atoms with E-state index in [0.717, 1.165) is 5.56 Å². The van der Waals surface area contributed by atoms with Crippen LogP contribution in [0.1, 0.15) is 6.42 Å². The molecule has 5 nitrogen and oxygen atoms in total. The van der Waals surface area contributed by atoms with Crippen LogP contribution in [0.15, 0.2) is 46.5 Å². The van der Waals surface area contributed by atoms with Gasteiger partial charge in [-0.05, 0) is 12.1 Å². The Morgan fingerprint density at radius 1 is 1.35 bits per heavy atom. The lowest BCUT2D eigenvalue weighted by Crippen LogP contribution is -1.82. The third kappa shape index (κ3) is 3.32. The van der Waals surface area contributed by atoms with Crippen LogP contribution in [0.3, 0.4) is 0 Å². The van der Waals surface area contributed by atoms with E-state index < -0.39 is 0 Å². The van der Waals surface area contributed by atoms with Crippen molar-refractivity contribution >= 4 is 11.8 Å². The quantitative estimate of drug-likeness (QED) is 0.648. The lowest BCUT2D eigenvalue weighted by molar-refractivity contribution is 0.398. The predicted octanol–water partition coefficient (Wildman–Crippen LogP) is 2.69. The summed E-state index contributed by atoms with van der Waals surface area (Å²) in [6.07, 6.45) is 3.85. The summed E-state index contributed by atoms with van der Waals surface area (Å²) in [5.41, 5.74) is 0.839. The van der Waals surface area contributed by atoms with Gasteiger partial charge in [0.1, 0.15) is 0 Å². The SMILES string of the molecule is C=C(O)CCSc1nnc(-c2ccncc2)o1. The molecule has 0 radical (unpaired) electrons. The Balaban J connectivity index is 1.99. The van der Waals surface area contributed by atoms with Crippen LogP contribution in [0, 0.1) is 0 Å². The highest BCUT2D eigenvalue weighted by molar-refractivity contribution is 7.99. The van der Waals surface area contributed by atoms with Crippen molar-refractivity contribution in [3.05, 3.63) is 36.9 Å². The summed E-state index contributed by atoms with van der Waals surface area (Å²) >= 11 is 1.39. The molecular formula is C11H11N3O2S. The summed E-state index contributed by atoms with van der Waals surface area (Å²) in [5, 5.41) is 17.3.